The average Bonchev–Trinajstić information content (AvgIpc) is 2.25. The molecule has 0 aromatic carbocycles. The predicted octanol–water partition coefficient (Wildman–Crippen LogP) is -1.73. The monoisotopic (exact) mass is 271 g/mol. The number of aliphatic hydroxyl groups is 2. The number of aliphatic hydroxyl groups excluding tert-OH is 2. The molecule has 0 spiro atoms. The third kappa shape index (κ3) is 9.45. The van der Waals surface area contributed by atoms with Crippen LogP contribution in [0.3, 0.4) is 0 Å². The zero-order valence-electron chi connectivity index (χ0n) is 10.0. The van der Waals surface area contributed by atoms with Crippen LogP contribution in [0.5, 0.6) is 0 Å². The van der Waals surface area contributed by atoms with Crippen molar-refractivity contribution in [3.8, 4) is 0 Å². The summed E-state index contributed by atoms with van der Waals surface area (Å²) in [5, 5.41) is 17.0. The molecule has 0 unspecified atom stereocenters. The maximum Gasteiger partial charge on any atom is 0.211 e. The van der Waals surface area contributed by atoms with E-state index in [4.69, 9.17) is 19.7 Å². The molecule has 2 N–H and O–H groups in total. The Morgan fingerprint density at radius 2 is 1.35 bits per heavy atom. The molecule has 0 saturated heterocycles. The molecule has 0 amide bonds. The van der Waals surface area contributed by atoms with Gasteiger partial charge in [-0.25, -0.2) is 8.42 Å². The molecule has 7 nitrogen and oxygen atoms in total. The Bertz CT molecular complexity index is 257. The zero-order valence-corrected chi connectivity index (χ0v) is 10.9. The van der Waals surface area contributed by atoms with Crippen LogP contribution in [0, 0.1) is 0 Å². The van der Waals surface area contributed by atoms with Crippen molar-refractivity contribution in [3.05, 3.63) is 0 Å². The molecule has 0 saturated carbocycles. The Morgan fingerprint density at radius 3 is 1.65 bits per heavy atom. The molecule has 0 aliphatic carbocycles. The van der Waals surface area contributed by atoms with E-state index in [0.29, 0.717) is 0 Å². The minimum absolute atomic E-state index is 0.0848. The molecule has 17 heavy (non-hydrogen) atoms. The fraction of sp³-hybridized carbons (Fsp3) is 1.00. The van der Waals surface area contributed by atoms with E-state index in [1.165, 1.54) is 4.31 Å². The predicted molar refractivity (Wildman–Crippen MR) is 62.2 cm³/mol. The topological polar surface area (TPSA) is 96.3 Å². The summed E-state index contributed by atoms with van der Waals surface area (Å²) in [5.74, 6) is 0. The van der Waals surface area contributed by atoms with Crippen molar-refractivity contribution in [1.29, 1.82) is 0 Å². The van der Waals surface area contributed by atoms with Gasteiger partial charge in [0.2, 0.25) is 10.0 Å². The first-order valence-corrected chi connectivity index (χ1v) is 7.19. The third-order valence-electron chi connectivity index (χ3n) is 1.91. The molecule has 0 aliphatic heterocycles. The van der Waals surface area contributed by atoms with Crippen molar-refractivity contribution in [2.24, 2.45) is 0 Å². The van der Waals surface area contributed by atoms with Gasteiger partial charge in [-0.1, -0.05) is 0 Å². The molecule has 0 atom stereocenters. The second-order valence-corrected chi connectivity index (χ2v) is 5.32. The van der Waals surface area contributed by atoms with Gasteiger partial charge in [0.15, 0.2) is 0 Å². The molecule has 0 aromatic heterocycles. The van der Waals surface area contributed by atoms with Gasteiger partial charge >= 0.3 is 0 Å². The van der Waals surface area contributed by atoms with Crippen molar-refractivity contribution in [3.63, 3.8) is 0 Å². The Kier molecular flexibility index (Phi) is 9.60. The quantitative estimate of drug-likeness (QED) is 0.433. The van der Waals surface area contributed by atoms with Gasteiger partial charge in [0.25, 0.3) is 0 Å². The second kappa shape index (κ2) is 9.75. The molecule has 104 valence electrons. The van der Waals surface area contributed by atoms with Gasteiger partial charge in [-0.05, 0) is 0 Å². The minimum Gasteiger partial charge on any atom is -0.394 e. The van der Waals surface area contributed by atoms with Crippen molar-refractivity contribution in [1.82, 2.24) is 4.31 Å². The highest BCUT2D eigenvalue weighted by Gasteiger charge is 2.15. The van der Waals surface area contributed by atoms with Crippen LogP contribution in [0.25, 0.3) is 0 Å². The Labute approximate surface area is 102 Å². The van der Waals surface area contributed by atoms with Crippen LogP contribution in [0.2, 0.25) is 0 Å². The lowest BCUT2D eigenvalue weighted by atomic mass is 10.6. The molecule has 0 radical (unpaired) electrons. The maximum absolute atomic E-state index is 11.4. The Balaban J connectivity index is 3.90. The van der Waals surface area contributed by atoms with Crippen molar-refractivity contribution >= 4 is 10.0 Å². The van der Waals surface area contributed by atoms with E-state index in [0.717, 1.165) is 6.26 Å². The summed E-state index contributed by atoms with van der Waals surface area (Å²) in [4.78, 5) is 0. The van der Waals surface area contributed by atoms with Crippen LogP contribution in [-0.4, -0.2) is 81.9 Å². The highest BCUT2D eigenvalue weighted by molar-refractivity contribution is 7.88. The Hall–Kier alpha value is -0.250. The van der Waals surface area contributed by atoms with E-state index in [-0.39, 0.29) is 52.7 Å². The van der Waals surface area contributed by atoms with Crippen LogP contribution >= 0.6 is 0 Å². The summed E-state index contributed by atoms with van der Waals surface area (Å²) in [7, 11) is -3.29. The molecule has 0 aromatic rings. The first kappa shape index (κ1) is 16.8. The molecule has 0 aliphatic rings. The van der Waals surface area contributed by atoms with Gasteiger partial charge < -0.3 is 19.7 Å². The van der Waals surface area contributed by atoms with Gasteiger partial charge in [-0.3, -0.25) is 0 Å². The van der Waals surface area contributed by atoms with Crippen molar-refractivity contribution < 1.29 is 28.1 Å². The molecule has 0 fully saturated rings. The molecular formula is C9H21NO6S. The molecule has 0 bridgehead atoms. The fourth-order valence-corrected chi connectivity index (χ4v) is 1.92. The summed E-state index contributed by atoms with van der Waals surface area (Å²) in [5.41, 5.74) is 0. The third-order valence-corrected chi connectivity index (χ3v) is 3.21. The number of hydrogen-bond donors (Lipinski definition) is 2. The summed E-state index contributed by atoms with van der Waals surface area (Å²) in [6.07, 6.45) is 1.12. The zero-order chi connectivity index (χ0) is 13.1. The van der Waals surface area contributed by atoms with E-state index >= 15 is 0 Å². The summed E-state index contributed by atoms with van der Waals surface area (Å²) >= 11 is 0. The lowest BCUT2D eigenvalue weighted by Crippen LogP contribution is -2.36. The average molecular weight is 271 g/mol. The minimum atomic E-state index is -3.29. The normalized spacial score (nSPS) is 12.2. The standard InChI is InChI=1S/C9H21NO6S/c1-17(13,14)10(2-6-15-8-4-11)3-7-16-9-5-12/h11-12H,2-9H2,1H3. The largest absolute Gasteiger partial charge is 0.394 e. The summed E-state index contributed by atoms with van der Waals surface area (Å²) in [6.45, 7) is 1.12. The van der Waals surface area contributed by atoms with Crippen LogP contribution in [0.15, 0.2) is 0 Å². The van der Waals surface area contributed by atoms with Crippen molar-refractivity contribution in [2.75, 3.05) is 59.0 Å². The van der Waals surface area contributed by atoms with Gasteiger partial charge in [0, 0.05) is 13.1 Å². The number of hydrogen-bond acceptors (Lipinski definition) is 6. The maximum atomic E-state index is 11.4. The Morgan fingerprint density at radius 1 is 0.941 bits per heavy atom. The number of rotatable bonds is 11. The molecule has 0 rings (SSSR count). The second-order valence-electron chi connectivity index (χ2n) is 3.33. The van der Waals surface area contributed by atoms with Crippen molar-refractivity contribution in [2.45, 2.75) is 0 Å². The fourth-order valence-electron chi connectivity index (χ4n) is 1.11. The van der Waals surface area contributed by atoms with Gasteiger partial charge in [-0.15, -0.1) is 0 Å². The summed E-state index contributed by atoms with van der Waals surface area (Å²) in [6, 6.07) is 0. The van der Waals surface area contributed by atoms with Gasteiger partial charge in [-0.2, -0.15) is 4.31 Å². The van der Waals surface area contributed by atoms with Gasteiger partial charge in [0.05, 0.1) is 45.9 Å². The van der Waals surface area contributed by atoms with E-state index in [9.17, 15) is 8.42 Å². The first-order chi connectivity index (χ1) is 8.02. The number of sulfonamides is 1. The smallest absolute Gasteiger partial charge is 0.211 e. The number of nitrogens with zero attached hydrogens (tertiary/aromatic N) is 1. The summed E-state index contributed by atoms with van der Waals surface area (Å²) < 4.78 is 34.0. The van der Waals surface area contributed by atoms with Crippen LogP contribution in [0.1, 0.15) is 0 Å². The van der Waals surface area contributed by atoms with Crippen LogP contribution < -0.4 is 0 Å². The van der Waals surface area contributed by atoms with E-state index in [1.807, 2.05) is 0 Å². The van der Waals surface area contributed by atoms with Crippen LogP contribution in [0.4, 0.5) is 0 Å². The number of ether oxygens (including phenoxy) is 2. The first-order valence-electron chi connectivity index (χ1n) is 5.34. The molecule has 0 heterocycles. The highest BCUT2D eigenvalue weighted by atomic mass is 32.2. The van der Waals surface area contributed by atoms with E-state index < -0.39 is 10.0 Å². The SMILES string of the molecule is CS(=O)(=O)N(CCOCCO)CCOCCO. The lowest BCUT2D eigenvalue weighted by Gasteiger charge is -2.19. The van der Waals surface area contributed by atoms with E-state index in [2.05, 4.69) is 0 Å². The van der Waals surface area contributed by atoms with E-state index in [1.54, 1.807) is 0 Å². The van der Waals surface area contributed by atoms with Crippen LogP contribution in [-0.2, 0) is 19.5 Å². The molecular weight excluding hydrogens is 250 g/mol. The van der Waals surface area contributed by atoms with Gasteiger partial charge in [0.1, 0.15) is 0 Å². The highest BCUT2D eigenvalue weighted by Crippen LogP contribution is 1.97. The lowest BCUT2D eigenvalue weighted by molar-refractivity contribution is 0.0688. The molecule has 8 heteroatoms.